The Hall–Kier alpha value is -7.32. The molecule has 0 aliphatic carbocycles. The van der Waals surface area contributed by atoms with Gasteiger partial charge < -0.3 is 63.7 Å². The monoisotopic (exact) mass is 927 g/mol. The first-order valence-corrected chi connectivity index (χ1v) is 22.0. The lowest BCUT2D eigenvalue weighted by Gasteiger charge is -2.27. The summed E-state index contributed by atoms with van der Waals surface area (Å²) in [6.07, 6.45) is 1.37. The van der Waals surface area contributed by atoms with E-state index in [1.165, 1.54) is 24.3 Å². The van der Waals surface area contributed by atoms with Gasteiger partial charge >= 0.3 is 11.9 Å². The van der Waals surface area contributed by atoms with Gasteiger partial charge in [0.05, 0.1) is 19.0 Å². The van der Waals surface area contributed by atoms with Crippen LogP contribution in [0.3, 0.4) is 0 Å². The van der Waals surface area contributed by atoms with E-state index >= 15 is 0 Å². The molecule has 0 unspecified atom stereocenters. The molecule has 0 bridgehead atoms. The van der Waals surface area contributed by atoms with Gasteiger partial charge in [0.25, 0.3) is 0 Å². The standard InChI is InChI=1S/C47H61N9O11/c1-27(2)20-36(52-40(58)26-51-42(61)33(49)21-28-10-4-3-5-11-28)44(63)55-38(24-41(59)60)46(65)53-35(14-8-9-19-48)43(62)54-37(22-29-15-17-31(57)18-16-29)45(64)56-39(47(66)67)23-30-25-50-34-13-7-6-12-32(30)34/h3-7,10-13,15-18,25,27,33,35-39,50,57H,8-9,14,19-24,26,48-49H2,1-2H3,(H,51,61)(H,52,58)(H,53,65)(H,54,62)(H,55,63)(H,56,64)(H,59,60)(H,66,67)/t33-,35-,36-,37-,38-,39-/m0/s1. The molecule has 4 rings (SSSR count). The number of hydrogen-bond acceptors (Lipinski definition) is 11. The summed E-state index contributed by atoms with van der Waals surface area (Å²) in [4.78, 5) is 109. The van der Waals surface area contributed by atoms with Crippen LogP contribution in [-0.2, 0) is 57.6 Å². The Bertz CT molecular complexity index is 2320. The van der Waals surface area contributed by atoms with Gasteiger partial charge in [-0.2, -0.15) is 0 Å². The number of amides is 6. The lowest BCUT2D eigenvalue weighted by Crippen LogP contribution is -2.59. The second-order valence-corrected chi connectivity index (χ2v) is 16.7. The number of H-pyrrole nitrogens is 1. The summed E-state index contributed by atoms with van der Waals surface area (Å²) in [7, 11) is 0. The molecular weight excluding hydrogens is 867 g/mol. The topological polar surface area (TPSA) is 337 Å². The molecule has 0 saturated heterocycles. The number of aromatic nitrogens is 1. The molecule has 6 amide bonds. The minimum absolute atomic E-state index is 0.0405. The molecule has 0 spiro atoms. The number of aromatic amines is 1. The summed E-state index contributed by atoms with van der Waals surface area (Å²) in [5, 5.41) is 45.6. The quantitative estimate of drug-likeness (QED) is 0.0363. The molecule has 0 aliphatic rings. The molecule has 20 nitrogen and oxygen atoms in total. The van der Waals surface area contributed by atoms with Crippen molar-refractivity contribution in [3.8, 4) is 5.75 Å². The third-order valence-electron chi connectivity index (χ3n) is 10.7. The van der Waals surface area contributed by atoms with Gasteiger partial charge in [0, 0.05) is 29.9 Å². The highest BCUT2D eigenvalue weighted by atomic mass is 16.4. The number of nitrogens with two attached hydrogens (primary N) is 2. The van der Waals surface area contributed by atoms with Gasteiger partial charge in [-0.15, -0.1) is 0 Å². The van der Waals surface area contributed by atoms with Crippen LogP contribution >= 0.6 is 0 Å². The van der Waals surface area contributed by atoms with Gasteiger partial charge in [-0.1, -0.05) is 74.5 Å². The Kier molecular flexibility index (Phi) is 20.3. The van der Waals surface area contributed by atoms with E-state index in [2.05, 4.69) is 36.9 Å². The average Bonchev–Trinajstić information content (AvgIpc) is 3.70. The lowest BCUT2D eigenvalue weighted by atomic mass is 10.0. The van der Waals surface area contributed by atoms with E-state index in [9.17, 15) is 53.7 Å². The molecule has 360 valence electrons. The van der Waals surface area contributed by atoms with Crippen LogP contribution in [0, 0.1) is 5.92 Å². The molecule has 14 N–H and O–H groups in total. The number of nitrogens with one attached hydrogen (secondary N) is 7. The van der Waals surface area contributed by atoms with Crippen LogP contribution in [0.4, 0.5) is 0 Å². The maximum absolute atomic E-state index is 14.1. The number of para-hydroxylation sites is 1. The normalized spacial score (nSPS) is 13.8. The zero-order valence-electron chi connectivity index (χ0n) is 37.5. The number of carbonyl (C=O) groups excluding carboxylic acids is 6. The maximum Gasteiger partial charge on any atom is 0.326 e. The minimum atomic E-state index is -1.76. The first-order chi connectivity index (χ1) is 31.9. The first kappa shape index (κ1) is 52.3. The van der Waals surface area contributed by atoms with Gasteiger partial charge in [0.1, 0.15) is 36.0 Å². The number of aromatic hydroxyl groups is 1. The number of carboxylic acid groups (broad SMARTS) is 2. The molecule has 6 atom stereocenters. The highest BCUT2D eigenvalue weighted by molar-refractivity contribution is 5.98. The smallest absolute Gasteiger partial charge is 0.326 e. The third-order valence-corrected chi connectivity index (χ3v) is 10.7. The van der Waals surface area contributed by atoms with E-state index in [4.69, 9.17) is 11.5 Å². The zero-order chi connectivity index (χ0) is 49.0. The molecule has 1 aromatic heterocycles. The third kappa shape index (κ3) is 17.2. The number of aliphatic carboxylic acids is 2. The van der Waals surface area contributed by atoms with Crippen LogP contribution in [-0.4, -0.2) is 117 Å². The molecule has 0 radical (unpaired) electrons. The fourth-order valence-corrected chi connectivity index (χ4v) is 7.24. The van der Waals surface area contributed by atoms with E-state index in [-0.39, 0.29) is 50.3 Å². The van der Waals surface area contributed by atoms with Gasteiger partial charge in [0.15, 0.2) is 0 Å². The molecular formula is C47H61N9O11. The van der Waals surface area contributed by atoms with Gasteiger partial charge in [-0.25, -0.2) is 4.79 Å². The fraction of sp³-hybridized carbons (Fsp3) is 0.404. The summed E-state index contributed by atoms with van der Waals surface area (Å²) in [6.45, 7) is 3.23. The highest BCUT2D eigenvalue weighted by Crippen LogP contribution is 2.20. The van der Waals surface area contributed by atoms with Crippen molar-refractivity contribution in [1.82, 2.24) is 36.9 Å². The van der Waals surface area contributed by atoms with Crippen LogP contribution in [0.15, 0.2) is 85.1 Å². The lowest BCUT2D eigenvalue weighted by molar-refractivity contribution is -0.142. The number of carbonyl (C=O) groups is 8. The summed E-state index contributed by atoms with van der Waals surface area (Å²) in [6, 6.07) is 13.7. The van der Waals surface area contributed by atoms with Crippen molar-refractivity contribution in [3.05, 3.63) is 102 Å². The van der Waals surface area contributed by atoms with Crippen molar-refractivity contribution in [3.63, 3.8) is 0 Å². The van der Waals surface area contributed by atoms with Crippen molar-refractivity contribution >= 4 is 58.3 Å². The Labute approximate surface area is 387 Å². The van der Waals surface area contributed by atoms with E-state index in [0.717, 1.165) is 16.5 Å². The van der Waals surface area contributed by atoms with Crippen molar-refractivity contribution in [2.75, 3.05) is 13.1 Å². The Morgan fingerprint density at radius 1 is 0.627 bits per heavy atom. The highest BCUT2D eigenvalue weighted by Gasteiger charge is 2.34. The van der Waals surface area contributed by atoms with Crippen LogP contribution in [0.2, 0.25) is 0 Å². The number of rotatable bonds is 27. The van der Waals surface area contributed by atoms with E-state index in [0.29, 0.717) is 24.0 Å². The second-order valence-electron chi connectivity index (χ2n) is 16.7. The van der Waals surface area contributed by atoms with Gasteiger partial charge in [0.2, 0.25) is 35.4 Å². The van der Waals surface area contributed by atoms with Crippen molar-refractivity contribution in [1.29, 1.82) is 0 Å². The van der Waals surface area contributed by atoms with Crippen molar-refractivity contribution < 1.29 is 53.7 Å². The minimum Gasteiger partial charge on any atom is -0.508 e. The molecule has 0 saturated carbocycles. The predicted molar refractivity (Wildman–Crippen MR) is 247 cm³/mol. The van der Waals surface area contributed by atoms with Crippen LogP contribution < -0.4 is 43.4 Å². The van der Waals surface area contributed by atoms with Gasteiger partial charge in [-0.3, -0.25) is 33.6 Å². The van der Waals surface area contributed by atoms with Gasteiger partial charge in [-0.05, 0) is 79.5 Å². The Balaban J connectivity index is 1.49. The zero-order valence-corrected chi connectivity index (χ0v) is 37.5. The van der Waals surface area contributed by atoms with Crippen molar-refractivity contribution in [2.24, 2.45) is 17.4 Å². The summed E-state index contributed by atoms with van der Waals surface area (Å²) in [5.41, 5.74) is 14.4. The average molecular weight is 928 g/mol. The molecule has 20 heteroatoms. The fourth-order valence-electron chi connectivity index (χ4n) is 7.24. The second kappa shape index (κ2) is 26.0. The maximum atomic E-state index is 14.1. The largest absolute Gasteiger partial charge is 0.508 e. The van der Waals surface area contributed by atoms with E-state index < -0.39 is 96.6 Å². The van der Waals surface area contributed by atoms with E-state index in [1.807, 2.05) is 18.2 Å². The van der Waals surface area contributed by atoms with Crippen molar-refractivity contribution in [2.45, 2.75) is 101 Å². The summed E-state index contributed by atoms with van der Waals surface area (Å²) >= 11 is 0. The van der Waals surface area contributed by atoms with Crippen LogP contribution in [0.5, 0.6) is 5.75 Å². The molecule has 3 aromatic carbocycles. The molecule has 1 heterocycles. The molecule has 0 fully saturated rings. The SMILES string of the molecule is CC(C)C[C@H](NC(=O)CNC(=O)[C@@H](N)Cc1ccccc1)C(=O)N[C@@H](CC(=O)O)C(=O)N[C@@H](CCCCN)C(=O)N[C@@H](Cc1ccc(O)cc1)C(=O)N[C@@H](Cc1c[nH]c2ccccc12)C(=O)O. The number of unbranched alkanes of at least 4 members (excludes halogenated alkanes) is 1. The number of benzene rings is 3. The van der Waals surface area contributed by atoms with E-state index in [1.54, 1.807) is 56.4 Å². The summed E-state index contributed by atoms with van der Waals surface area (Å²) in [5.74, 6) is -8.16. The number of fused-ring (bicyclic) bond motifs is 1. The first-order valence-electron chi connectivity index (χ1n) is 22.0. The predicted octanol–water partition coefficient (Wildman–Crippen LogP) is 0.503. The number of phenols is 1. The Morgan fingerprint density at radius 3 is 1.87 bits per heavy atom. The number of hydrogen-bond donors (Lipinski definition) is 12. The molecule has 4 aromatic rings. The van der Waals surface area contributed by atoms with Crippen LogP contribution in [0.25, 0.3) is 10.9 Å². The Morgan fingerprint density at radius 2 is 1.21 bits per heavy atom. The number of phenolic OH excluding ortho intramolecular Hbond substituents is 1. The van der Waals surface area contributed by atoms with Crippen LogP contribution in [0.1, 0.15) is 62.6 Å². The summed E-state index contributed by atoms with van der Waals surface area (Å²) < 4.78 is 0. The molecule has 67 heavy (non-hydrogen) atoms. The molecule has 0 aliphatic heterocycles. The number of carboxylic acids is 2.